The number of aliphatic carboxylic acids is 1. The molecule has 0 aromatic heterocycles. The number of hydrogen-bond acceptors (Lipinski definition) is 6. The van der Waals surface area contributed by atoms with Gasteiger partial charge in [-0.05, 0) is 24.7 Å². The molecule has 3 heterocycles. The molecule has 0 aliphatic carbocycles. The van der Waals surface area contributed by atoms with Gasteiger partial charge in [0.15, 0.2) is 0 Å². The van der Waals surface area contributed by atoms with Gasteiger partial charge in [0.25, 0.3) is 5.91 Å². The molecule has 0 radical (unpaired) electrons. The van der Waals surface area contributed by atoms with Crippen LogP contribution in [0.15, 0.2) is 0 Å². The van der Waals surface area contributed by atoms with E-state index in [1.54, 1.807) is 12.2 Å². The number of hydroxylamine groups is 2. The number of likely N-dealkylation sites (tertiary alicyclic amines) is 1. The number of carboxylic acids is 1. The summed E-state index contributed by atoms with van der Waals surface area (Å²) in [5, 5.41) is 8.71. The van der Waals surface area contributed by atoms with E-state index >= 15 is 0 Å². The standard InChI is InChI=1S/C15H26N2O4.C2HF3O2/c1-19-7-5-16-8-12-10-20-11-14(13(12)9-16)15(18)17-4-2-3-6-21-17;3-2(4,5)1(6)7/h12-14H,2-11H2,1H3;(H,6,7)/t12-,13-,14-;/m1./s1. The molecule has 1 N–H and O–H groups in total. The van der Waals surface area contributed by atoms with Gasteiger partial charge in [0.1, 0.15) is 0 Å². The highest BCUT2D eigenvalue weighted by molar-refractivity contribution is 5.78. The SMILES string of the molecule is COCCN1C[C@@H]2COC[C@@H](C(=O)N3CCCCO3)[C@@H]2C1.O=C(O)C(F)(F)F. The lowest BCUT2D eigenvalue weighted by Crippen LogP contribution is -2.47. The normalized spacial score (nSPS) is 28.3. The number of ether oxygens (including phenoxy) is 2. The summed E-state index contributed by atoms with van der Waals surface area (Å²) in [6.45, 7) is 6.36. The Balaban J connectivity index is 0.000000345. The highest BCUT2D eigenvalue weighted by atomic mass is 19.4. The number of methoxy groups -OCH3 is 1. The Morgan fingerprint density at radius 3 is 2.50 bits per heavy atom. The Morgan fingerprint density at radius 1 is 1.21 bits per heavy atom. The van der Waals surface area contributed by atoms with Crippen LogP contribution in [-0.2, 0) is 23.9 Å². The first-order valence-electron chi connectivity index (χ1n) is 9.27. The third kappa shape index (κ3) is 6.29. The Kier molecular flexibility index (Phi) is 8.47. The number of carboxylic acid groups (broad SMARTS) is 1. The third-order valence-electron chi connectivity index (χ3n) is 5.13. The smallest absolute Gasteiger partial charge is 0.475 e. The van der Waals surface area contributed by atoms with Gasteiger partial charge >= 0.3 is 12.1 Å². The van der Waals surface area contributed by atoms with Crippen LogP contribution in [0.1, 0.15) is 12.8 Å². The van der Waals surface area contributed by atoms with Crippen molar-refractivity contribution in [2.24, 2.45) is 17.8 Å². The van der Waals surface area contributed by atoms with Gasteiger partial charge in [-0.3, -0.25) is 9.63 Å². The number of carbonyl (C=O) groups is 2. The highest BCUT2D eigenvalue weighted by Gasteiger charge is 2.45. The summed E-state index contributed by atoms with van der Waals surface area (Å²) in [6.07, 6.45) is -3.00. The average molecular weight is 412 g/mol. The molecular weight excluding hydrogens is 385 g/mol. The van der Waals surface area contributed by atoms with Crippen LogP contribution in [0.5, 0.6) is 0 Å². The zero-order valence-electron chi connectivity index (χ0n) is 15.8. The molecule has 0 saturated carbocycles. The molecule has 0 aromatic rings. The van der Waals surface area contributed by atoms with Crippen LogP contribution >= 0.6 is 0 Å². The second-order valence-electron chi connectivity index (χ2n) is 7.10. The number of halogens is 3. The maximum atomic E-state index is 12.7. The minimum absolute atomic E-state index is 0.0469. The second-order valence-corrected chi connectivity index (χ2v) is 7.10. The summed E-state index contributed by atoms with van der Waals surface area (Å²) in [7, 11) is 1.73. The van der Waals surface area contributed by atoms with Crippen molar-refractivity contribution in [3.63, 3.8) is 0 Å². The van der Waals surface area contributed by atoms with E-state index in [1.807, 2.05) is 0 Å². The monoisotopic (exact) mass is 412 g/mol. The van der Waals surface area contributed by atoms with Gasteiger partial charge < -0.3 is 19.5 Å². The molecule has 3 aliphatic rings. The summed E-state index contributed by atoms with van der Waals surface area (Å²) >= 11 is 0. The molecule has 3 rings (SSSR count). The lowest BCUT2D eigenvalue weighted by molar-refractivity contribution is -0.207. The zero-order valence-corrected chi connectivity index (χ0v) is 15.8. The number of carbonyl (C=O) groups excluding carboxylic acids is 1. The maximum Gasteiger partial charge on any atom is 0.490 e. The van der Waals surface area contributed by atoms with Crippen molar-refractivity contribution in [1.82, 2.24) is 9.96 Å². The predicted molar refractivity (Wildman–Crippen MR) is 90.2 cm³/mol. The minimum Gasteiger partial charge on any atom is -0.475 e. The van der Waals surface area contributed by atoms with Crippen molar-refractivity contribution in [3.05, 3.63) is 0 Å². The van der Waals surface area contributed by atoms with Crippen LogP contribution in [0.2, 0.25) is 0 Å². The van der Waals surface area contributed by atoms with Crippen LogP contribution in [0.3, 0.4) is 0 Å². The molecule has 3 aliphatic heterocycles. The highest BCUT2D eigenvalue weighted by Crippen LogP contribution is 2.35. The first-order chi connectivity index (χ1) is 13.2. The molecule has 28 heavy (non-hydrogen) atoms. The van der Waals surface area contributed by atoms with Crippen molar-refractivity contribution in [2.45, 2.75) is 19.0 Å². The summed E-state index contributed by atoms with van der Waals surface area (Å²) in [4.78, 5) is 29.5. The van der Waals surface area contributed by atoms with Gasteiger partial charge in [-0.1, -0.05) is 0 Å². The molecule has 0 unspecified atom stereocenters. The van der Waals surface area contributed by atoms with Crippen molar-refractivity contribution in [2.75, 3.05) is 59.7 Å². The molecule has 3 fully saturated rings. The van der Waals surface area contributed by atoms with Crippen molar-refractivity contribution in [1.29, 1.82) is 0 Å². The van der Waals surface area contributed by atoms with E-state index in [9.17, 15) is 18.0 Å². The van der Waals surface area contributed by atoms with Crippen LogP contribution in [-0.4, -0.2) is 92.8 Å². The summed E-state index contributed by atoms with van der Waals surface area (Å²) in [5.74, 6) is -1.82. The fourth-order valence-corrected chi connectivity index (χ4v) is 3.70. The molecule has 8 nitrogen and oxygen atoms in total. The first-order valence-corrected chi connectivity index (χ1v) is 9.27. The van der Waals surface area contributed by atoms with E-state index < -0.39 is 12.1 Å². The topological polar surface area (TPSA) is 88.5 Å². The van der Waals surface area contributed by atoms with E-state index in [0.717, 1.165) is 52.2 Å². The van der Waals surface area contributed by atoms with Gasteiger partial charge in [0.2, 0.25) is 0 Å². The Labute approximate surface area is 161 Å². The van der Waals surface area contributed by atoms with Crippen molar-refractivity contribution < 1.29 is 42.2 Å². The van der Waals surface area contributed by atoms with E-state index in [-0.39, 0.29) is 11.8 Å². The van der Waals surface area contributed by atoms with E-state index in [0.29, 0.717) is 25.0 Å². The molecule has 3 saturated heterocycles. The average Bonchev–Trinajstić information content (AvgIpc) is 3.09. The third-order valence-corrected chi connectivity index (χ3v) is 5.13. The molecule has 11 heteroatoms. The second kappa shape index (κ2) is 10.4. The maximum absolute atomic E-state index is 12.7. The van der Waals surface area contributed by atoms with Gasteiger partial charge in [0.05, 0.1) is 32.3 Å². The molecule has 0 spiro atoms. The Morgan fingerprint density at radius 2 is 1.93 bits per heavy atom. The number of fused-ring (bicyclic) bond motifs is 1. The molecule has 3 atom stereocenters. The first kappa shape index (κ1) is 22.9. The summed E-state index contributed by atoms with van der Waals surface area (Å²) in [5.41, 5.74) is 0. The molecule has 1 amide bonds. The van der Waals surface area contributed by atoms with Gasteiger partial charge in [-0.15, -0.1) is 0 Å². The fraction of sp³-hybridized carbons (Fsp3) is 0.882. The van der Waals surface area contributed by atoms with Crippen LogP contribution < -0.4 is 0 Å². The minimum atomic E-state index is -5.08. The van der Waals surface area contributed by atoms with E-state index in [4.69, 9.17) is 24.2 Å². The van der Waals surface area contributed by atoms with Crippen LogP contribution in [0.4, 0.5) is 13.2 Å². The molecule has 0 aromatic carbocycles. The number of nitrogens with zero attached hydrogens (tertiary/aromatic N) is 2. The lowest BCUT2D eigenvalue weighted by Gasteiger charge is -2.36. The quantitative estimate of drug-likeness (QED) is 0.737. The largest absolute Gasteiger partial charge is 0.490 e. The predicted octanol–water partition coefficient (Wildman–Crippen LogP) is 1.01. The molecule has 0 bridgehead atoms. The van der Waals surface area contributed by atoms with Gasteiger partial charge in [-0.25, -0.2) is 9.86 Å². The van der Waals surface area contributed by atoms with Gasteiger partial charge in [-0.2, -0.15) is 13.2 Å². The van der Waals surface area contributed by atoms with Crippen LogP contribution in [0.25, 0.3) is 0 Å². The number of amides is 1. The van der Waals surface area contributed by atoms with Crippen molar-refractivity contribution >= 4 is 11.9 Å². The Hall–Kier alpha value is -1.43. The van der Waals surface area contributed by atoms with E-state index in [2.05, 4.69) is 4.90 Å². The molecule has 162 valence electrons. The Bertz CT molecular complexity index is 528. The zero-order chi connectivity index (χ0) is 20.7. The fourth-order valence-electron chi connectivity index (χ4n) is 3.70. The molecular formula is C17H27F3N2O6. The van der Waals surface area contributed by atoms with Crippen molar-refractivity contribution in [3.8, 4) is 0 Å². The van der Waals surface area contributed by atoms with Crippen LogP contribution in [0, 0.1) is 17.8 Å². The summed E-state index contributed by atoms with van der Waals surface area (Å²) in [6, 6.07) is 0. The lowest BCUT2D eigenvalue weighted by atomic mass is 9.82. The van der Waals surface area contributed by atoms with Gasteiger partial charge in [0, 0.05) is 33.3 Å². The number of rotatable bonds is 4. The van der Waals surface area contributed by atoms with E-state index in [1.165, 1.54) is 0 Å². The summed E-state index contributed by atoms with van der Waals surface area (Å²) < 4.78 is 42.6. The number of hydrogen-bond donors (Lipinski definition) is 1. The number of alkyl halides is 3.